The van der Waals surface area contributed by atoms with Gasteiger partial charge in [-0.05, 0) is 48.9 Å². The molecule has 1 unspecified atom stereocenters. The minimum Gasteiger partial charge on any atom is -0.465 e. The van der Waals surface area contributed by atoms with E-state index in [1.165, 1.54) is 17.5 Å². The highest BCUT2D eigenvalue weighted by molar-refractivity contribution is 6.30. The Labute approximate surface area is 113 Å². The second-order valence-corrected chi connectivity index (χ2v) is 4.80. The summed E-state index contributed by atoms with van der Waals surface area (Å²) < 4.78 is 4.94. The average molecular weight is 265 g/mol. The standard InChI is InChI=1S/C15H17ClO2/c1-2-18-15(17)14(16)13-9-8-11-6-4-3-5-7-12(11)10-13/h5,7-10,14H,2-4,6H2,1H3. The van der Waals surface area contributed by atoms with Crippen LogP contribution in [0.1, 0.15) is 41.8 Å². The molecule has 0 saturated heterocycles. The van der Waals surface area contributed by atoms with Crippen molar-refractivity contribution in [2.24, 2.45) is 0 Å². The molecule has 1 atom stereocenters. The first-order valence-corrected chi connectivity index (χ1v) is 6.76. The number of benzene rings is 1. The van der Waals surface area contributed by atoms with Gasteiger partial charge in [0.25, 0.3) is 0 Å². The second-order valence-electron chi connectivity index (χ2n) is 4.37. The lowest BCUT2D eigenvalue weighted by atomic mass is 10.00. The maximum absolute atomic E-state index is 11.6. The molecule has 2 nitrogen and oxygen atoms in total. The number of fused-ring (bicyclic) bond motifs is 1. The molecule has 0 amide bonds. The van der Waals surface area contributed by atoms with Gasteiger partial charge in [-0.3, -0.25) is 4.79 Å². The maximum atomic E-state index is 11.6. The maximum Gasteiger partial charge on any atom is 0.328 e. The Kier molecular flexibility index (Phi) is 4.43. The highest BCUT2D eigenvalue weighted by Gasteiger charge is 2.19. The van der Waals surface area contributed by atoms with Crippen molar-refractivity contribution in [1.29, 1.82) is 0 Å². The van der Waals surface area contributed by atoms with Crippen LogP contribution in [0.15, 0.2) is 24.3 Å². The number of rotatable bonds is 3. The van der Waals surface area contributed by atoms with Gasteiger partial charge < -0.3 is 4.74 Å². The Morgan fingerprint density at radius 1 is 1.50 bits per heavy atom. The van der Waals surface area contributed by atoms with Gasteiger partial charge in [0, 0.05) is 0 Å². The fourth-order valence-electron chi connectivity index (χ4n) is 2.13. The smallest absolute Gasteiger partial charge is 0.328 e. The van der Waals surface area contributed by atoms with Crippen LogP contribution in [0.4, 0.5) is 0 Å². The Balaban J connectivity index is 2.24. The molecule has 0 spiro atoms. The van der Waals surface area contributed by atoms with E-state index in [9.17, 15) is 4.79 Å². The van der Waals surface area contributed by atoms with Crippen molar-refractivity contribution >= 4 is 23.6 Å². The first-order chi connectivity index (χ1) is 8.72. The average Bonchev–Trinajstić information content (AvgIpc) is 2.62. The molecule has 3 heteroatoms. The van der Waals surface area contributed by atoms with Crippen molar-refractivity contribution in [2.45, 2.75) is 31.6 Å². The van der Waals surface area contributed by atoms with Gasteiger partial charge in [-0.2, -0.15) is 0 Å². The number of halogens is 1. The summed E-state index contributed by atoms with van der Waals surface area (Å²) in [6, 6.07) is 5.98. The minimum absolute atomic E-state index is 0.354. The largest absolute Gasteiger partial charge is 0.465 e. The van der Waals surface area contributed by atoms with Crippen LogP contribution in [-0.2, 0) is 16.0 Å². The molecule has 0 radical (unpaired) electrons. The molecule has 1 aliphatic rings. The summed E-state index contributed by atoms with van der Waals surface area (Å²) in [5.74, 6) is -0.378. The van der Waals surface area contributed by atoms with E-state index >= 15 is 0 Å². The van der Waals surface area contributed by atoms with E-state index < -0.39 is 5.38 Å². The van der Waals surface area contributed by atoms with Crippen LogP contribution in [0.5, 0.6) is 0 Å². The molecule has 2 rings (SSSR count). The van der Waals surface area contributed by atoms with E-state index in [0.717, 1.165) is 18.4 Å². The van der Waals surface area contributed by atoms with E-state index in [1.54, 1.807) is 6.92 Å². The SMILES string of the molecule is CCOC(=O)C(Cl)c1ccc2c(c1)C=CCCC2. The molecular weight excluding hydrogens is 248 g/mol. The van der Waals surface area contributed by atoms with Crippen LogP contribution in [-0.4, -0.2) is 12.6 Å². The van der Waals surface area contributed by atoms with Gasteiger partial charge in [-0.25, -0.2) is 0 Å². The molecule has 0 saturated carbocycles. The third-order valence-electron chi connectivity index (χ3n) is 3.07. The number of carbonyl (C=O) groups excluding carboxylic acids is 1. The van der Waals surface area contributed by atoms with Crippen LogP contribution >= 0.6 is 11.6 Å². The van der Waals surface area contributed by atoms with Crippen LogP contribution in [0, 0.1) is 0 Å². The summed E-state index contributed by atoms with van der Waals surface area (Å²) in [5.41, 5.74) is 3.29. The zero-order valence-electron chi connectivity index (χ0n) is 10.5. The van der Waals surface area contributed by atoms with Crippen molar-refractivity contribution in [2.75, 3.05) is 6.61 Å². The zero-order valence-corrected chi connectivity index (χ0v) is 11.2. The third-order valence-corrected chi connectivity index (χ3v) is 3.50. The Hall–Kier alpha value is -1.28. The van der Waals surface area contributed by atoms with E-state index in [-0.39, 0.29) is 5.97 Å². The number of aryl methyl sites for hydroxylation is 1. The minimum atomic E-state index is -0.716. The molecule has 96 valence electrons. The Morgan fingerprint density at radius 2 is 2.33 bits per heavy atom. The fraction of sp³-hybridized carbons (Fsp3) is 0.400. The van der Waals surface area contributed by atoms with Crippen molar-refractivity contribution in [1.82, 2.24) is 0 Å². The summed E-state index contributed by atoms with van der Waals surface area (Å²) in [7, 11) is 0. The van der Waals surface area contributed by atoms with E-state index in [4.69, 9.17) is 16.3 Å². The third kappa shape index (κ3) is 2.94. The summed E-state index contributed by atoms with van der Waals surface area (Å²) in [6.45, 7) is 2.13. The number of hydrogen-bond donors (Lipinski definition) is 0. The lowest BCUT2D eigenvalue weighted by Crippen LogP contribution is -2.11. The van der Waals surface area contributed by atoms with Crippen LogP contribution in [0.25, 0.3) is 6.08 Å². The molecular formula is C15H17ClO2. The lowest BCUT2D eigenvalue weighted by Gasteiger charge is -2.11. The first-order valence-electron chi connectivity index (χ1n) is 6.32. The molecule has 0 aromatic heterocycles. The highest BCUT2D eigenvalue weighted by atomic mass is 35.5. The number of carbonyl (C=O) groups is 1. The monoisotopic (exact) mass is 264 g/mol. The predicted molar refractivity (Wildman–Crippen MR) is 73.6 cm³/mol. The summed E-state index contributed by atoms with van der Waals surface area (Å²) >= 11 is 6.12. The van der Waals surface area contributed by atoms with Gasteiger partial charge >= 0.3 is 5.97 Å². The van der Waals surface area contributed by atoms with Gasteiger partial charge in [0.2, 0.25) is 0 Å². The van der Waals surface area contributed by atoms with Crippen LogP contribution in [0.2, 0.25) is 0 Å². The van der Waals surface area contributed by atoms with Gasteiger partial charge in [-0.1, -0.05) is 24.3 Å². The zero-order chi connectivity index (χ0) is 13.0. The normalized spacial score (nSPS) is 15.7. The number of ether oxygens (including phenoxy) is 1. The molecule has 1 aromatic rings. The van der Waals surface area contributed by atoms with Crippen molar-refractivity contribution < 1.29 is 9.53 Å². The summed E-state index contributed by atoms with van der Waals surface area (Å²) in [6.07, 6.45) is 7.63. The van der Waals surface area contributed by atoms with Crippen molar-refractivity contribution in [3.05, 3.63) is 41.0 Å². The highest BCUT2D eigenvalue weighted by Crippen LogP contribution is 2.27. The number of alkyl halides is 1. The second kappa shape index (κ2) is 6.05. The summed E-state index contributed by atoms with van der Waals surface area (Å²) in [5, 5.41) is -0.716. The van der Waals surface area contributed by atoms with Gasteiger partial charge in [0.15, 0.2) is 5.38 Å². The van der Waals surface area contributed by atoms with Gasteiger partial charge in [0.05, 0.1) is 6.61 Å². The van der Waals surface area contributed by atoms with Gasteiger partial charge in [-0.15, -0.1) is 11.6 Å². The van der Waals surface area contributed by atoms with E-state index in [1.807, 2.05) is 12.1 Å². The van der Waals surface area contributed by atoms with Crippen molar-refractivity contribution in [3.63, 3.8) is 0 Å². The van der Waals surface area contributed by atoms with Crippen molar-refractivity contribution in [3.8, 4) is 0 Å². The number of esters is 1. The number of hydrogen-bond acceptors (Lipinski definition) is 2. The quantitative estimate of drug-likeness (QED) is 0.612. The fourth-order valence-corrected chi connectivity index (χ4v) is 2.32. The number of allylic oxidation sites excluding steroid dienone is 1. The summed E-state index contributed by atoms with van der Waals surface area (Å²) in [4.78, 5) is 11.6. The van der Waals surface area contributed by atoms with Crippen LogP contribution in [0.3, 0.4) is 0 Å². The molecule has 0 bridgehead atoms. The predicted octanol–water partition coefficient (Wildman–Crippen LogP) is 3.88. The lowest BCUT2D eigenvalue weighted by molar-refractivity contribution is -0.142. The first kappa shape index (κ1) is 13.2. The molecule has 1 aromatic carbocycles. The molecule has 0 N–H and O–H groups in total. The van der Waals surface area contributed by atoms with E-state index in [0.29, 0.717) is 6.61 Å². The molecule has 1 aliphatic carbocycles. The Bertz CT molecular complexity index is 466. The molecule has 0 fully saturated rings. The topological polar surface area (TPSA) is 26.3 Å². The molecule has 0 heterocycles. The van der Waals surface area contributed by atoms with E-state index in [2.05, 4.69) is 18.2 Å². The molecule has 0 aliphatic heterocycles. The Morgan fingerprint density at radius 3 is 3.11 bits per heavy atom. The van der Waals surface area contributed by atoms with Gasteiger partial charge in [0.1, 0.15) is 0 Å². The van der Waals surface area contributed by atoms with Crippen LogP contribution < -0.4 is 0 Å². The molecule has 18 heavy (non-hydrogen) atoms.